The molecule has 2 heterocycles. The molecule has 1 saturated heterocycles. The lowest BCUT2D eigenvalue weighted by Crippen LogP contribution is -2.36. The molecule has 0 amide bonds. The number of anilines is 2. The molecule has 1 aromatic heterocycles. The van der Waals surface area contributed by atoms with Crippen LogP contribution in [0.25, 0.3) is 5.69 Å². The zero-order valence-electron chi connectivity index (χ0n) is 10.6. The van der Waals surface area contributed by atoms with Crippen molar-refractivity contribution in [2.75, 3.05) is 23.7 Å². The average molecular weight is 259 g/mol. The average Bonchev–Trinajstić information content (AvgIpc) is 2.90. The van der Waals surface area contributed by atoms with Crippen LogP contribution < -0.4 is 10.6 Å². The first kappa shape index (κ1) is 12.0. The smallest absolute Gasteiger partial charge is 0.245 e. The number of nitrogen functional groups attached to an aromatic ring is 1. The molecule has 0 bridgehead atoms. The first-order valence-electron chi connectivity index (χ1n) is 6.43. The fourth-order valence-corrected chi connectivity index (χ4v) is 2.22. The summed E-state index contributed by atoms with van der Waals surface area (Å²) in [5.41, 5.74) is 7.33. The summed E-state index contributed by atoms with van der Waals surface area (Å²) < 4.78 is 1.74. The summed E-state index contributed by atoms with van der Waals surface area (Å²) in [6, 6.07) is 7.50. The van der Waals surface area contributed by atoms with Crippen molar-refractivity contribution in [3.8, 4) is 5.69 Å². The predicted molar refractivity (Wildman–Crippen MR) is 73.2 cm³/mol. The van der Waals surface area contributed by atoms with Crippen molar-refractivity contribution in [1.82, 2.24) is 14.8 Å². The zero-order valence-corrected chi connectivity index (χ0v) is 10.6. The van der Waals surface area contributed by atoms with Crippen molar-refractivity contribution < 1.29 is 5.11 Å². The quantitative estimate of drug-likeness (QED) is 0.780. The van der Waals surface area contributed by atoms with Crippen LogP contribution in [0.2, 0.25) is 0 Å². The molecule has 0 aliphatic carbocycles. The highest BCUT2D eigenvalue weighted by molar-refractivity contribution is 5.45. The van der Waals surface area contributed by atoms with E-state index in [-0.39, 0.29) is 6.10 Å². The van der Waals surface area contributed by atoms with E-state index in [1.807, 2.05) is 24.3 Å². The summed E-state index contributed by atoms with van der Waals surface area (Å²) >= 11 is 0. The van der Waals surface area contributed by atoms with Crippen LogP contribution in [-0.4, -0.2) is 39.1 Å². The Kier molecular flexibility index (Phi) is 3.08. The van der Waals surface area contributed by atoms with E-state index in [1.54, 1.807) is 11.0 Å². The van der Waals surface area contributed by atoms with Crippen molar-refractivity contribution in [3.05, 3.63) is 30.6 Å². The molecule has 1 aliphatic rings. The van der Waals surface area contributed by atoms with Crippen molar-refractivity contribution in [1.29, 1.82) is 0 Å². The molecule has 0 unspecified atom stereocenters. The van der Waals surface area contributed by atoms with E-state index in [0.717, 1.165) is 37.3 Å². The van der Waals surface area contributed by atoms with Gasteiger partial charge in [-0.2, -0.15) is 4.98 Å². The molecule has 0 spiro atoms. The molecule has 3 rings (SSSR count). The van der Waals surface area contributed by atoms with E-state index in [4.69, 9.17) is 5.73 Å². The van der Waals surface area contributed by atoms with Gasteiger partial charge in [0.2, 0.25) is 5.95 Å². The second-order valence-corrected chi connectivity index (χ2v) is 4.80. The van der Waals surface area contributed by atoms with Crippen molar-refractivity contribution in [3.63, 3.8) is 0 Å². The number of piperidine rings is 1. The summed E-state index contributed by atoms with van der Waals surface area (Å²) in [5.74, 6) is 0.712. The first-order chi connectivity index (χ1) is 9.22. The minimum atomic E-state index is -0.185. The van der Waals surface area contributed by atoms with Gasteiger partial charge in [-0.1, -0.05) is 0 Å². The summed E-state index contributed by atoms with van der Waals surface area (Å²) in [5, 5.41) is 14.0. The van der Waals surface area contributed by atoms with E-state index in [2.05, 4.69) is 15.0 Å². The van der Waals surface area contributed by atoms with Gasteiger partial charge in [-0.3, -0.25) is 0 Å². The third-order valence-electron chi connectivity index (χ3n) is 3.38. The Morgan fingerprint density at radius 2 is 1.84 bits per heavy atom. The Labute approximate surface area is 111 Å². The highest BCUT2D eigenvalue weighted by Crippen LogP contribution is 2.17. The Morgan fingerprint density at radius 1 is 1.16 bits per heavy atom. The van der Waals surface area contributed by atoms with E-state index in [0.29, 0.717) is 5.95 Å². The molecule has 6 nitrogen and oxygen atoms in total. The van der Waals surface area contributed by atoms with E-state index < -0.39 is 0 Å². The molecule has 1 fully saturated rings. The Hall–Kier alpha value is -2.08. The van der Waals surface area contributed by atoms with Crippen molar-refractivity contribution in [2.24, 2.45) is 0 Å². The van der Waals surface area contributed by atoms with Gasteiger partial charge in [-0.05, 0) is 37.1 Å². The van der Waals surface area contributed by atoms with Gasteiger partial charge in [0.15, 0.2) is 0 Å². The van der Waals surface area contributed by atoms with Crippen LogP contribution in [0.1, 0.15) is 12.8 Å². The highest BCUT2D eigenvalue weighted by Gasteiger charge is 2.19. The third-order valence-corrected chi connectivity index (χ3v) is 3.38. The fraction of sp³-hybridized carbons (Fsp3) is 0.385. The molecule has 3 N–H and O–H groups in total. The molecule has 0 radical (unpaired) electrons. The summed E-state index contributed by atoms with van der Waals surface area (Å²) in [6.07, 6.45) is 3.06. The largest absolute Gasteiger partial charge is 0.399 e. The van der Waals surface area contributed by atoms with Gasteiger partial charge < -0.3 is 15.7 Å². The molecule has 6 heteroatoms. The monoisotopic (exact) mass is 259 g/mol. The third kappa shape index (κ3) is 2.53. The molecule has 2 aromatic rings. The predicted octanol–water partition coefficient (Wildman–Crippen LogP) is 0.811. The van der Waals surface area contributed by atoms with E-state index in [1.165, 1.54) is 0 Å². The van der Waals surface area contributed by atoms with E-state index >= 15 is 0 Å². The van der Waals surface area contributed by atoms with Gasteiger partial charge >= 0.3 is 0 Å². The standard InChI is InChI=1S/C13H17N5O/c14-10-1-3-11(4-2-10)18-9-15-13(16-18)17-7-5-12(19)6-8-17/h1-4,9,12,19H,5-8,14H2. The van der Waals surface area contributed by atoms with Gasteiger partial charge in [0, 0.05) is 18.8 Å². The summed E-state index contributed by atoms with van der Waals surface area (Å²) in [6.45, 7) is 1.60. The number of nitrogens with two attached hydrogens (primary N) is 1. The Bertz CT molecular complexity index is 542. The minimum Gasteiger partial charge on any atom is -0.399 e. The summed E-state index contributed by atoms with van der Waals surface area (Å²) in [7, 11) is 0. The molecule has 1 aromatic carbocycles. The minimum absolute atomic E-state index is 0.185. The van der Waals surface area contributed by atoms with Crippen LogP contribution in [0.15, 0.2) is 30.6 Å². The molecular formula is C13H17N5O. The van der Waals surface area contributed by atoms with Crippen LogP contribution >= 0.6 is 0 Å². The molecule has 0 atom stereocenters. The number of aliphatic hydroxyl groups excluding tert-OH is 1. The van der Waals surface area contributed by atoms with E-state index in [9.17, 15) is 5.11 Å². The fourth-order valence-electron chi connectivity index (χ4n) is 2.22. The number of aliphatic hydroxyl groups is 1. The second-order valence-electron chi connectivity index (χ2n) is 4.80. The van der Waals surface area contributed by atoms with Gasteiger partial charge in [0.25, 0.3) is 0 Å². The van der Waals surface area contributed by atoms with Gasteiger partial charge in [0.1, 0.15) is 6.33 Å². The maximum atomic E-state index is 9.50. The lowest BCUT2D eigenvalue weighted by atomic mass is 10.1. The number of hydrogen-bond acceptors (Lipinski definition) is 5. The summed E-state index contributed by atoms with van der Waals surface area (Å²) in [4.78, 5) is 6.43. The number of nitrogens with zero attached hydrogens (tertiary/aromatic N) is 4. The molecule has 19 heavy (non-hydrogen) atoms. The van der Waals surface area contributed by atoms with Crippen molar-refractivity contribution >= 4 is 11.6 Å². The lowest BCUT2D eigenvalue weighted by molar-refractivity contribution is 0.145. The van der Waals surface area contributed by atoms with Gasteiger partial charge in [-0.15, -0.1) is 5.10 Å². The lowest BCUT2D eigenvalue weighted by Gasteiger charge is -2.28. The normalized spacial score (nSPS) is 16.8. The maximum absolute atomic E-state index is 9.50. The number of rotatable bonds is 2. The maximum Gasteiger partial charge on any atom is 0.245 e. The van der Waals surface area contributed by atoms with Gasteiger partial charge in [-0.25, -0.2) is 4.68 Å². The number of benzene rings is 1. The first-order valence-corrected chi connectivity index (χ1v) is 6.43. The molecular weight excluding hydrogens is 242 g/mol. The SMILES string of the molecule is Nc1ccc(-n2cnc(N3CCC(O)CC3)n2)cc1. The van der Waals surface area contributed by atoms with Crippen LogP contribution in [0.3, 0.4) is 0 Å². The zero-order chi connectivity index (χ0) is 13.2. The highest BCUT2D eigenvalue weighted by atomic mass is 16.3. The molecule has 1 aliphatic heterocycles. The van der Waals surface area contributed by atoms with Crippen LogP contribution in [0.4, 0.5) is 11.6 Å². The number of aromatic nitrogens is 3. The van der Waals surface area contributed by atoms with Gasteiger partial charge in [0.05, 0.1) is 11.8 Å². The van der Waals surface area contributed by atoms with Crippen molar-refractivity contribution in [2.45, 2.75) is 18.9 Å². The Balaban J connectivity index is 1.77. The topological polar surface area (TPSA) is 80.2 Å². The van der Waals surface area contributed by atoms with Crippen LogP contribution in [0, 0.1) is 0 Å². The van der Waals surface area contributed by atoms with Crippen LogP contribution in [-0.2, 0) is 0 Å². The molecule has 0 saturated carbocycles. The molecule has 100 valence electrons. The Morgan fingerprint density at radius 3 is 2.53 bits per heavy atom. The number of hydrogen-bond donors (Lipinski definition) is 2. The second kappa shape index (κ2) is 4.89. The van der Waals surface area contributed by atoms with Crippen LogP contribution in [0.5, 0.6) is 0 Å².